The Balaban J connectivity index is 2.04. The molecule has 0 N–H and O–H groups in total. The highest BCUT2D eigenvalue weighted by Crippen LogP contribution is 2.36. The normalized spacial score (nSPS) is 22.2. The van der Waals surface area contributed by atoms with E-state index in [-0.39, 0.29) is 0 Å². The van der Waals surface area contributed by atoms with Gasteiger partial charge in [-0.25, -0.2) is 0 Å². The zero-order valence-electron chi connectivity index (χ0n) is 9.09. The van der Waals surface area contributed by atoms with E-state index in [1.807, 2.05) is 0 Å². The van der Waals surface area contributed by atoms with Crippen LogP contribution in [0.25, 0.3) is 0 Å². The van der Waals surface area contributed by atoms with Crippen molar-refractivity contribution in [2.24, 2.45) is 0 Å². The zero-order valence-corrected chi connectivity index (χ0v) is 9.91. The van der Waals surface area contributed by atoms with Crippen LogP contribution in [0.4, 0.5) is 0 Å². The Kier molecular flexibility index (Phi) is 3.91. The topological polar surface area (TPSA) is 23.8 Å². The number of nitrogens with zero attached hydrogens (tertiary/aromatic N) is 1. The monoisotopic (exact) mass is 219 g/mol. The molecule has 2 aliphatic rings. The third-order valence-electron chi connectivity index (χ3n) is 3.35. The highest BCUT2D eigenvalue weighted by Gasteiger charge is 2.15. The molecule has 0 bridgehead atoms. The minimum Gasteiger partial charge on any atom is -0.185 e. The number of hydrogen-bond donors (Lipinski definition) is 0. The second-order valence-corrected chi connectivity index (χ2v) is 5.28. The first-order valence-corrected chi connectivity index (χ1v) is 6.66. The van der Waals surface area contributed by atoms with Gasteiger partial charge >= 0.3 is 0 Å². The number of thioether (sulfide) groups is 1. The molecule has 0 aromatic heterocycles. The van der Waals surface area contributed by atoms with Crippen molar-refractivity contribution in [3.63, 3.8) is 0 Å². The van der Waals surface area contributed by atoms with Crippen LogP contribution in [0, 0.1) is 10.7 Å². The van der Waals surface area contributed by atoms with E-state index in [0.717, 1.165) is 12.8 Å². The maximum Gasteiger partial charge on any atom is 0.138 e. The Morgan fingerprint density at radius 2 is 1.80 bits per heavy atom. The Hall–Kier alpha value is -0.680. The summed E-state index contributed by atoms with van der Waals surface area (Å²) in [4.78, 5) is 1.27. The zero-order chi connectivity index (χ0) is 10.5. The number of nitriles is 1. The summed E-state index contributed by atoms with van der Waals surface area (Å²) in [6, 6.07) is 0. The third-order valence-corrected chi connectivity index (χ3v) is 4.01. The van der Waals surface area contributed by atoms with Gasteiger partial charge in [-0.05, 0) is 43.9 Å². The first-order chi connectivity index (χ1) is 7.40. The molecule has 0 unspecified atom stereocenters. The molecule has 2 aliphatic carbocycles. The van der Waals surface area contributed by atoms with E-state index in [1.54, 1.807) is 11.1 Å². The van der Waals surface area contributed by atoms with Crippen molar-refractivity contribution in [3.8, 4) is 5.40 Å². The van der Waals surface area contributed by atoms with Gasteiger partial charge in [-0.1, -0.05) is 30.1 Å². The van der Waals surface area contributed by atoms with E-state index in [9.17, 15) is 0 Å². The van der Waals surface area contributed by atoms with Crippen LogP contribution in [0.2, 0.25) is 0 Å². The van der Waals surface area contributed by atoms with Crippen LogP contribution in [0.1, 0.15) is 51.4 Å². The summed E-state index contributed by atoms with van der Waals surface area (Å²) in [6.45, 7) is 0. The quantitative estimate of drug-likeness (QED) is 0.478. The van der Waals surface area contributed by atoms with Crippen molar-refractivity contribution >= 4 is 11.8 Å². The lowest BCUT2D eigenvalue weighted by Crippen LogP contribution is -2.02. The van der Waals surface area contributed by atoms with Gasteiger partial charge < -0.3 is 0 Å². The molecule has 2 rings (SSSR count). The minimum absolute atomic E-state index is 1.06. The second kappa shape index (κ2) is 5.42. The summed E-state index contributed by atoms with van der Waals surface area (Å²) in [6.07, 6.45) is 12.5. The fourth-order valence-electron chi connectivity index (χ4n) is 2.50. The maximum atomic E-state index is 8.67. The Morgan fingerprint density at radius 3 is 2.53 bits per heavy atom. The van der Waals surface area contributed by atoms with E-state index in [4.69, 9.17) is 5.26 Å². The van der Waals surface area contributed by atoms with E-state index < -0.39 is 0 Å². The Morgan fingerprint density at radius 1 is 1.07 bits per heavy atom. The number of allylic oxidation sites excluding steroid dienone is 4. The van der Waals surface area contributed by atoms with E-state index in [1.165, 1.54) is 55.2 Å². The maximum absolute atomic E-state index is 8.67. The summed E-state index contributed by atoms with van der Waals surface area (Å²) in [5.41, 5.74) is 3.33. The summed E-state index contributed by atoms with van der Waals surface area (Å²) in [5.74, 6) is 0. The summed E-state index contributed by atoms with van der Waals surface area (Å²) in [5, 5.41) is 10.9. The Bertz CT molecular complexity index is 333. The fourth-order valence-corrected chi connectivity index (χ4v) is 3.03. The summed E-state index contributed by atoms with van der Waals surface area (Å²) >= 11 is 1.35. The van der Waals surface area contributed by atoms with Crippen LogP contribution in [-0.4, -0.2) is 0 Å². The average Bonchev–Trinajstić information content (AvgIpc) is 2.20. The lowest BCUT2D eigenvalue weighted by molar-refractivity contribution is 0.598. The second-order valence-electron chi connectivity index (χ2n) is 4.37. The van der Waals surface area contributed by atoms with Gasteiger partial charge in [-0.3, -0.25) is 0 Å². The predicted molar refractivity (Wildman–Crippen MR) is 65.2 cm³/mol. The summed E-state index contributed by atoms with van der Waals surface area (Å²) in [7, 11) is 0. The van der Waals surface area contributed by atoms with Crippen molar-refractivity contribution in [1.82, 2.24) is 0 Å². The van der Waals surface area contributed by atoms with Crippen LogP contribution in [0.3, 0.4) is 0 Å². The van der Waals surface area contributed by atoms with E-state index in [0.29, 0.717) is 0 Å². The van der Waals surface area contributed by atoms with Crippen LogP contribution in [0.5, 0.6) is 0 Å². The van der Waals surface area contributed by atoms with E-state index >= 15 is 0 Å². The fraction of sp³-hybridized carbons (Fsp3) is 0.615. The van der Waals surface area contributed by atoms with Crippen molar-refractivity contribution < 1.29 is 0 Å². The molecule has 0 saturated carbocycles. The van der Waals surface area contributed by atoms with Gasteiger partial charge in [0.05, 0.1) is 0 Å². The molecule has 0 fully saturated rings. The highest BCUT2D eigenvalue weighted by molar-refractivity contribution is 8.07. The molecular formula is C13H17NS. The number of thiocyanates is 1. The molecule has 0 radical (unpaired) electrons. The molecule has 2 heteroatoms. The van der Waals surface area contributed by atoms with Crippen LogP contribution >= 0.6 is 11.8 Å². The van der Waals surface area contributed by atoms with Gasteiger partial charge in [0.15, 0.2) is 0 Å². The van der Waals surface area contributed by atoms with Gasteiger partial charge in [0.25, 0.3) is 0 Å². The number of hydrogen-bond acceptors (Lipinski definition) is 2. The molecular weight excluding hydrogens is 202 g/mol. The standard InChI is InChI=1S/C13H17NS/c14-10-15-13-8-7-11-5-3-1-2-4-6-12(11)9-13/h8H,1-7,9H2. The SMILES string of the molecule is N#CSC1=CCC2=C(CCCCCC2)C1. The van der Waals surface area contributed by atoms with E-state index in [2.05, 4.69) is 11.5 Å². The van der Waals surface area contributed by atoms with Crippen molar-refractivity contribution in [1.29, 1.82) is 5.26 Å². The Labute approximate surface area is 96.2 Å². The lowest BCUT2D eigenvalue weighted by Gasteiger charge is -2.22. The predicted octanol–water partition coefficient (Wildman–Crippen LogP) is 4.53. The molecule has 80 valence electrons. The molecule has 0 saturated heterocycles. The molecule has 1 nitrogen and oxygen atoms in total. The average molecular weight is 219 g/mol. The van der Waals surface area contributed by atoms with Gasteiger partial charge in [0.1, 0.15) is 5.40 Å². The van der Waals surface area contributed by atoms with Gasteiger partial charge in [0.2, 0.25) is 0 Å². The van der Waals surface area contributed by atoms with Crippen LogP contribution < -0.4 is 0 Å². The largest absolute Gasteiger partial charge is 0.185 e. The summed E-state index contributed by atoms with van der Waals surface area (Å²) < 4.78 is 0. The van der Waals surface area contributed by atoms with Gasteiger partial charge in [-0.15, -0.1) is 0 Å². The molecule has 0 aromatic rings. The molecule has 0 heterocycles. The molecule has 15 heavy (non-hydrogen) atoms. The first kappa shape index (κ1) is 10.8. The minimum atomic E-state index is 1.06. The molecule has 0 amide bonds. The molecule has 0 aliphatic heterocycles. The van der Waals surface area contributed by atoms with Crippen LogP contribution in [0.15, 0.2) is 22.1 Å². The highest BCUT2D eigenvalue weighted by atomic mass is 32.2. The van der Waals surface area contributed by atoms with Gasteiger partial charge in [-0.2, -0.15) is 5.26 Å². The van der Waals surface area contributed by atoms with Crippen molar-refractivity contribution in [2.75, 3.05) is 0 Å². The van der Waals surface area contributed by atoms with Crippen molar-refractivity contribution in [3.05, 3.63) is 22.1 Å². The molecule has 0 spiro atoms. The smallest absolute Gasteiger partial charge is 0.138 e. The number of rotatable bonds is 1. The molecule has 0 aromatic carbocycles. The van der Waals surface area contributed by atoms with Crippen LogP contribution in [-0.2, 0) is 0 Å². The lowest BCUT2D eigenvalue weighted by atomic mass is 9.87. The third kappa shape index (κ3) is 2.89. The van der Waals surface area contributed by atoms with Crippen molar-refractivity contribution in [2.45, 2.75) is 51.4 Å². The first-order valence-electron chi connectivity index (χ1n) is 5.85. The van der Waals surface area contributed by atoms with Gasteiger partial charge in [0, 0.05) is 11.3 Å². The molecule has 0 atom stereocenters.